The Labute approximate surface area is 585 Å². The molecule has 22 rings (SSSR count). The van der Waals surface area contributed by atoms with Crippen molar-refractivity contribution < 1.29 is 8.83 Å². The van der Waals surface area contributed by atoms with Crippen LogP contribution in [0.4, 0.5) is 0 Å². The topological polar surface area (TPSA) is 46.0 Å². The molecular weight excluding hydrogens is 1240 g/mol. The summed E-state index contributed by atoms with van der Waals surface area (Å²) in [5.41, 5.74) is 27.3. The first kappa shape index (κ1) is 57.4. The Kier molecular flexibility index (Phi) is 12.9. The van der Waals surface area contributed by atoms with Crippen molar-refractivity contribution in [1.82, 2.24) is 18.3 Å². The predicted molar refractivity (Wildman–Crippen MR) is 427 cm³/mol. The number of fused-ring (bicyclic) bond motifs is 18. The fraction of sp³-hybridized carbons (Fsp3) is 0. The van der Waals surface area contributed by atoms with E-state index in [4.69, 9.17) is 8.83 Å². The van der Waals surface area contributed by atoms with Crippen LogP contribution in [0.1, 0.15) is 0 Å². The molecule has 476 valence electrons. The van der Waals surface area contributed by atoms with Crippen molar-refractivity contribution >= 4 is 131 Å². The van der Waals surface area contributed by atoms with Crippen LogP contribution >= 0.6 is 0 Å². The Morgan fingerprint density at radius 2 is 0.520 bits per heavy atom. The number of aromatic nitrogens is 4. The minimum absolute atomic E-state index is 0.896. The lowest BCUT2D eigenvalue weighted by Crippen LogP contribution is -1.94. The van der Waals surface area contributed by atoms with Gasteiger partial charge in [0.2, 0.25) is 0 Å². The van der Waals surface area contributed by atoms with Crippen molar-refractivity contribution in [2.75, 3.05) is 0 Å². The summed E-state index contributed by atoms with van der Waals surface area (Å²) in [4.78, 5) is 0. The molecule has 0 unspecified atom stereocenters. The Morgan fingerprint density at radius 3 is 1.07 bits per heavy atom. The minimum atomic E-state index is 0.896. The van der Waals surface area contributed by atoms with Gasteiger partial charge in [0, 0.05) is 82.4 Å². The third-order valence-electron chi connectivity index (χ3n) is 21.1. The van der Waals surface area contributed by atoms with E-state index in [2.05, 4.69) is 364 Å². The molecule has 0 fully saturated rings. The Balaban J connectivity index is 0.000000133. The zero-order valence-electron chi connectivity index (χ0n) is 55.2. The van der Waals surface area contributed by atoms with Crippen LogP contribution in [0, 0.1) is 0 Å². The van der Waals surface area contributed by atoms with Gasteiger partial charge in [-0.25, -0.2) is 0 Å². The molecule has 102 heavy (non-hydrogen) atoms. The van der Waals surface area contributed by atoms with Gasteiger partial charge in [-0.3, -0.25) is 0 Å². The van der Waals surface area contributed by atoms with E-state index in [0.29, 0.717) is 0 Å². The average Bonchev–Trinajstić information content (AvgIpc) is 1.58. The molecule has 16 aromatic carbocycles. The second-order valence-electron chi connectivity index (χ2n) is 26.6. The molecule has 0 aliphatic heterocycles. The highest BCUT2D eigenvalue weighted by Crippen LogP contribution is 2.46. The highest BCUT2D eigenvalue weighted by molar-refractivity contribution is 6.21. The fourth-order valence-corrected chi connectivity index (χ4v) is 16.6. The number of furan rings is 2. The smallest absolute Gasteiger partial charge is 0.137 e. The molecule has 6 heterocycles. The largest absolute Gasteiger partial charge is 0.456 e. The second-order valence-corrected chi connectivity index (χ2v) is 26.6. The summed E-state index contributed by atoms with van der Waals surface area (Å²) in [6, 6.07) is 131. The van der Waals surface area contributed by atoms with Crippen LogP contribution in [0.3, 0.4) is 0 Å². The van der Waals surface area contributed by atoms with E-state index in [1.807, 2.05) is 18.2 Å². The molecule has 6 heteroatoms. The molecule has 6 nitrogen and oxygen atoms in total. The summed E-state index contributed by atoms with van der Waals surface area (Å²) >= 11 is 0. The zero-order valence-corrected chi connectivity index (χ0v) is 55.2. The number of nitrogens with zero attached hydrogens (tertiary/aromatic N) is 4. The van der Waals surface area contributed by atoms with Crippen molar-refractivity contribution in [1.29, 1.82) is 0 Å². The Hall–Kier alpha value is -13.7. The van der Waals surface area contributed by atoms with Gasteiger partial charge in [0.15, 0.2) is 0 Å². The average molecular weight is 1300 g/mol. The highest BCUT2D eigenvalue weighted by Gasteiger charge is 2.23. The SMILES string of the molecule is c1ccc(-c2ccc(-n3c4ccccc4c4cc(-c5cccc6c5c5ccccc5n6-c5ccc6c(c5)oc5ccccc56)ccc43)cc2)cc1.c1ccc(-c2ccc(-n3c4ccccc4c4cc(-c5cccc6c5c5ccccc5n6-c5cccc6oc7ccccc7c56)ccc43)cc2)cc1. The van der Waals surface area contributed by atoms with Crippen molar-refractivity contribution in [3.63, 3.8) is 0 Å². The summed E-state index contributed by atoms with van der Waals surface area (Å²) in [6.45, 7) is 0. The van der Waals surface area contributed by atoms with E-state index in [9.17, 15) is 0 Å². The maximum atomic E-state index is 6.33. The first-order valence-electron chi connectivity index (χ1n) is 34.9. The zero-order chi connectivity index (χ0) is 66.9. The number of para-hydroxylation sites is 6. The van der Waals surface area contributed by atoms with E-state index in [1.54, 1.807) is 0 Å². The van der Waals surface area contributed by atoms with Crippen LogP contribution in [0.15, 0.2) is 373 Å². The minimum Gasteiger partial charge on any atom is -0.456 e. The van der Waals surface area contributed by atoms with Gasteiger partial charge in [0.25, 0.3) is 0 Å². The third kappa shape index (κ3) is 8.93. The van der Waals surface area contributed by atoms with E-state index >= 15 is 0 Å². The predicted octanol–water partition coefficient (Wildman–Crippen LogP) is 26.2. The molecule has 0 saturated carbocycles. The third-order valence-corrected chi connectivity index (χ3v) is 21.1. The maximum absolute atomic E-state index is 6.33. The van der Waals surface area contributed by atoms with Gasteiger partial charge >= 0.3 is 0 Å². The van der Waals surface area contributed by atoms with Gasteiger partial charge in [-0.1, -0.05) is 237 Å². The fourth-order valence-electron chi connectivity index (χ4n) is 16.6. The van der Waals surface area contributed by atoms with Crippen LogP contribution in [0.2, 0.25) is 0 Å². The Morgan fingerprint density at radius 1 is 0.167 bits per heavy atom. The lowest BCUT2D eigenvalue weighted by atomic mass is 9.98. The molecule has 0 aliphatic rings. The first-order valence-corrected chi connectivity index (χ1v) is 34.9. The highest BCUT2D eigenvalue weighted by atomic mass is 16.3. The molecule has 0 radical (unpaired) electrons. The van der Waals surface area contributed by atoms with E-state index in [1.165, 1.54) is 132 Å². The molecular formula is C96H60N4O2. The van der Waals surface area contributed by atoms with Gasteiger partial charge in [0.05, 0.1) is 55.2 Å². The number of rotatable bonds is 8. The van der Waals surface area contributed by atoms with E-state index in [0.717, 1.165) is 66.6 Å². The van der Waals surface area contributed by atoms with Gasteiger partial charge in [-0.2, -0.15) is 0 Å². The summed E-state index contributed by atoms with van der Waals surface area (Å²) in [7, 11) is 0. The summed E-state index contributed by atoms with van der Waals surface area (Å²) in [5.74, 6) is 0. The van der Waals surface area contributed by atoms with Crippen LogP contribution in [-0.2, 0) is 0 Å². The van der Waals surface area contributed by atoms with Crippen LogP contribution < -0.4 is 0 Å². The van der Waals surface area contributed by atoms with E-state index in [-0.39, 0.29) is 0 Å². The van der Waals surface area contributed by atoms with Crippen molar-refractivity contribution in [3.05, 3.63) is 364 Å². The number of hydrogen-bond acceptors (Lipinski definition) is 2. The summed E-state index contributed by atoms with van der Waals surface area (Å²) < 4.78 is 22.2. The van der Waals surface area contributed by atoms with Gasteiger partial charge in [0.1, 0.15) is 22.3 Å². The molecule has 0 spiro atoms. The Bertz CT molecular complexity index is 7100. The maximum Gasteiger partial charge on any atom is 0.137 e. The normalized spacial score (nSPS) is 11.9. The summed E-state index contributed by atoms with van der Waals surface area (Å²) in [6.07, 6.45) is 0. The van der Waals surface area contributed by atoms with Crippen LogP contribution in [0.25, 0.3) is 198 Å². The molecule has 6 aromatic heterocycles. The summed E-state index contributed by atoms with van der Waals surface area (Å²) in [5, 5.41) is 14.5. The lowest BCUT2D eigenvalue weighted by molar-refractivity contribution is 0.668. The molecule has 22 aromatic rings. The van der Waals surface area contributed by atoms with Gasteiger partial charge in [-0.15, -0.1) is 0 Å². The van der Waals surface area contributed by atoms with E-state index < -0.39 is 0 Å². The lowest BCUT2D eigenvalue weighted by Gasteiger charge is -2.11. The van der Waals surface area contributed by atoms with Crippen molar-refractivity contribution in [3.8, 4) is 67.3 Å². The quantitative estimate of drug-likeness (QED) is 0.152. The molecule has 0 saturated heterocycles. The standard InChI is InChI=1S/2C48H30N2O/c1-2-12-31(13-3-1)32-24-27-34(28-25-32)49-40-18-7-4-14-36(40)39-30-33(26-29-42(39)49)35-17-10-20-43-47(35)37-15-5-8-19-41(37)50(43)44-21-11-23-46-48(44)38-16-6-9-22-45(38)51-46;1-2-11-31(12-3-1)32-21-24-34(25-22-32)49-42-17-7-4-13-37(42)41-29-33(23-28-44(41)49)36-16-10-19-45-48(36)40-15-5-8-18-43(40)50(45)35-26-27-39-38-14-6-9-20-46(38)51-47(39)30-35/h2*1-30H. The molecule has 0 atom stereocenters. The second kappa shape index (κ2) is 23.0. The van der Waals surface area contributed by atoms with Crippen LogP contribution in [-0.4, -0.2) is 18.3 Å². The number of benzene rings is 16. The molecule has 0 bridgehead atoms. The van der Waals surface area contributed by atoms with Crippen molar-refractivity contribution in [2.45, 2.75) is 0 Å². The molecule has 0 amide bonds. The number of hydrogen-bond donors (Lipinski definition) is 0. The molecule has 0 N–H and O–H groups in total. The molecule has 0 aliphatic carbocycles. The van der Waals surface area contributed by atoms with Gasteiger partial charge < -0.3 is 27.1 Å². The first-order chi connectivity index (χ1) is 50.6. The van der Waals surface area contributed by atoms with Crippen LogP contribution in [0.5, 0.6) is 0 Å². The van der Waals surface area contributed by atoms with Crippen molar-refractivity contribution in [2.24, 2.45) is 0 Å². The van der Waals surface area contributed by atoms with Gasteiger partial charge in [-0.05, 0) is 166 Å². The monoisotopic (exact) mass is 1300 g/mol.